The van der Waals surface area contributed by atoms with Crippen LogP contribution >= 0.6 is 11.6 Å². The molecule has 1 nitrogen and oxygen atoms in total. The van der Waals surface area contributed by atoms with Crippen LogP contribution in [0.4, 0.5) is 4.39 Å². The molecule has 3 heteroatoms. The molecule has 12 heavy (non-hydrogen) atoms. The van der Waals surface area contributed by atoms with Gasteiger partial charge in [0.1, 0.15) is 11.0 Å². The quantitative estimate of drug-likeness (QED) is 0.570. The molecule has 60 valence electrons. The van der Waals surface area contributed by atoms with Crippen LogP contribution in [-0.4, -0.2) is 4.98 Å². The average molecular weight is 182 g/mol. The van der Waals surface area contributed by atoms with Gasteiger partial charge >= 0.3 is 0 Å². The molecule has 0 saturated carbocycles. The van der Waals surface area contributed by atoms with Gasteiger partial charge in [-0.25, -0.2) is 9.37 Å². The summed E-state index contributed by atoms with van der Waals surface area (Å²) in [6.45, 7) is 0. The van der Waals surface area contributed by atoms with Gasteiger partial charge in [-0.3, -0.25) is 0 Å². The van der Waals surface area contributed by atoms with Crippen LogP contribution in [0.2, 0.25) is 5.15 Å². The van der Waals surface area contributed by atoms with Gasteiger partial charge in [0.05, 0.1) is 0 Å². The summed E-state index contributed by atoms with van der Waals surface area (Å²) < 4.78 is 13.0. The van der Waals surface area contributed by atoms with Crippen LogP contribution in [0.1, 0.15) is 0 Å². The number of hydrogen-bond donors (Lipinski definition) is 0. The predicted molar refractivity (Wildman–Crippen MR) is 46.7 cm³/mol. The van der Waals surface area contributed by atoms with E-state index in [0.29, 0.717) is 10.5 Å². The molecule has 0 radical (unpaired) electrons. The third-order valence-corrected chi connectivity index (χ3v) is 1.88. The maximum atomic E-state index is 13.0. The van der Waals surface area contributed by atoms with Gasteiger partial charge in [-0.15, -0.1) is 0 Å². The van der Waals surface area contributed by atoms with Crippen molar-refractivity contribution in [1.29, 1.82) is 0 Å². The number of nitrogens with zero attached hydrogens (tertiary/aromatic N) is 1. The van der Waals surface area contributed by atoms with Crippen molar-refractivity contribution in [1.82, 2.24) is 4.98 Å². The van der Waals surface area contributed by atoms with E-state index >= 15 is 0 Å². The Labute approximate surface area is 73.8 Å². The van der Waals surface area contributed by atoms with Crippen LogP contribution in [0.3, 0.4) is 0 Å². The Hall–Kier alpha value is -1.15. The highest BCUT2D eigenvalue weighted by atomic mass is 35.5. The highest BCUT2D eigenvalue weighted by molar-refractivity contribution is 6.30. The smallest absolute Gasteiger partial charge is 0.132 e. The summed E-state index contributed by atoms with van der Waals surface area (Å²) in [6.07, 6.45) is 1.44. The first kappa shape index (κ1) is 7.50. The van der Waals surface area contributed by atoms with E-state index in [2.05, 4.69) is 4.98 Å². The fourth-order valence-electron chi connectivity index (χ4n) is 1.11. The van der Waals surface area contributed by atoms with Crippen molar-refractivity contribution in [3.8, 4) is 0 Å². The van der Waals surface area contributed by atoms with Gasteiger partial charge in [0.25, 0.3) is 0 Å². The third-order valence-electron chi connectivity index (χ3n) is 1.68. The van der Waals surface area contributed by atoms with Crippen molar-refractivity contribution in [2.45, 2.75) is 0 Å². The molecule has 1 heterocycles. The highest BCUT2D eigenvalue weighted by Crippen LogP contribution is 2.18. The van der Waals surface area contributed by atoms with Gasteiger partial charge in [-0.05, 0) is 17.5 Å². The van der Waals surface area contributed by atoms with Crippen molar-refractivity contribution in [2.24, 2.45) is 0 Å². The number of halogens is 2. The monoisotopic (exact) mass is 181 g/mol. The fraction of sp³-hybridized carbons (Fsp3) is 0. The molecule has 0 atom stereocenters. The van der Waals surface area contributed by atoms with Gasteiger partial charge < -0.3 is 0 Å². The second-order valence-corrected chi connectivity index (χ2v) is 2.86. The molecular weight excluding hydrogens is 177 g/mol. The van der Waals surface area contributed by atoms with Gasteiger partial charge in [-0.1, -0.05) is 23.7 Å². The van der Waals surface area contributed by atoms with E-state index in [9.17, 15) is 4.39 Å². The van der Waals surface area contributed by atoms with Crippen LogP contribution in [-0.2, 0) is 0 Å². The van der Waals surface area contributed by atoms with Crippen molar-refractivity contribution in [3.63, 3.8) is 0 Å². The summed E-state index contributed by atoms with van der Waals surface area (Å²) in [5, 5.41) is 1.66. The zero-order chi connectivity index (χ0) is 8.55. The second kappa shape index (κ2) is 2.72. The third kappa shape index (κ3) is 1.14. The molecule has 0 saturated heterocycles. The minimum atomic E-state index is -0.267. The topological polar surface area (TPSA) is 12.9 Å². The van der Waals surface area contributed by atoms with Crippen LogP contribution < -0.4 is 0 Å². The number of aromatic nitrogens is 1. The van der Waals surface area contributed by atoms with E-state index in [4.69, 9.17) is 11.6 Å². The largest absolute Gasteiger partial charge is 0.244 e. The lowest BCUT2D eigenvalue weighted by Gasteiger charge is -1.97. The first-order chi connectivity index (χ1) is 5.77. The lowest BCUT2D eigenvalue weighted by Crippen LogP contribution is -1.81. The van der Waals surface area contributed by atoms with Crippen LogP contribution in [0.25, 0.3) is 10.8 Å². The number of pyridine rings is 1. The first-order valence-electron chi connectivity index (χ1n) is 3.47. The lowest BCUT2D eigenvalue weighted by atomic mass is 10.2. The van der Waals surface area contributed by atoms with E-state index in [1.807, 2.05) is 0 Å². The molecule has 1 aromatic heterocycles. The molecule has 1 aromatic carbocycles. The molecule has 0 aliphatic carbocycles. The van der Waals surface area contributed by atoms with E-state index in [1.165, 1.54) is 12.3 Å². The Bertz CT molecular complexity index is 428. The lowest BCUT2D eigenvalue weighted by molar-refractivity contribution is 0.639. The van der Waals surface area contributed by atoms with Crippen molar-refractivity contribution >= 4 is 22.4 Å². The molecule has 0 aliphatic rings. The van der Waals surface area contributed by atoms with E-state index in [-0.39, 0.29) is 5.82 Å². The number of rotatable bonds is 0. The van der Waals surface area contributed by atoms with Crippen LogP contribution in [0.15, 0.2) is 30.5 Å². The summed E-state index contributed by atoms with van der Waals surface area (Å²) >= 11 is 5.64. The minimum absolute atomic E-state index is 0.267. The molecule has 2 rings (SSSR count). The molecule has 0 N–H and O–H groups in total. The Kier molecular flexibility index (Phi) is 1.70. The molecule has 0 bridgehead atoms. The Morgan fingerprint density at radius 2 is 2.17 bits per heavy atom. The van der Waals surface area contributed by atoms with Crippen molar-refractivity contribution < 1.29 is 4.39 Å². The Morgan fingerprint density at radius 1 is 1.33 bits per heavy atom. The first-order valence-corrected chi connectivity index (χ1v) is 3.85. The number of fused-ring (bicyclic) bond motifs is 1. The van der Waals surface area contributed by atoms with Crippen molar-refractivity contribution in [3.05, 3.63) is 41.4 Å². The summed E-state index contributed by atoms with van der Waals surface area (Å²) in [5.41, 5.74) is 0. The van der Waals surface area contributed by atoms with Gasteiger partial charge in [0, 0.05) is 11.6 Å². The van der Waals surface area contributed by atoms with Gasteiger partial charge in [0.2, 0.25) is 0 Å². The summed E-state index contributed by atoms with van der Waals surface area (Å²) in [6, 6.07) is 6.48. The maximum Gasteiger partial charge on any atom is 0.132 e. The van der Waals surface area contributed by atoms with E-state index < -0.39 is 0 Å². The molecular formula is C9H5ClFN. The second-order valence-electron chi connectivity index (χ2n) is 2.47. The summed E-state index contributed by atoms with van der Waals surface area (Å²) in [7, 11) is 0. The molecule has 0 fully saturated rings. The molecule has 0 unspecified atom stereocenters. The SMILES string of the molecule is Fc1cccc2cc(Cl)ncc12. The molecule has 0 aliphatic heterocycles. The van der Waals surface area contributed by atoms with Gasteiger partial charge in [-0.2, -0.15) is 0 Å². The Morgan fingerprint density at radius 3 is 3.00 bits per heavy atom. The molecule has 0 amide bonds. The van der Waals surface area contributed by atoms with E-state index in [1.54, 1.807) is 18.2 Å². The van der Waals surface area contributed by atoms with Gasteiger partial charge in [0.15, 0.2) is 0 Å². The number of hydrogen-bond acceptors (Lipinski definition) is 1. The average Bonchev–Trinajstić information content (AvgIpc) is 2.04. The predicted octanol–water partition coefficient (Wildman–Crippen LogP) is 3.03. The Balaban J connectivity index is 2.86. The zero-order valence-corrected chi connectivity index (χ0v) is 6.85. The normalized spacial score (nSPS) is 10.5. The maximum absolute atomic E-state index is 13.0. The number of benzene rings is 1. The summed E-state index contributed by atoms with van der Waals surface area (Å²) in [5.74, 6) is -0.267. The van der Waals surface area contributed by atoms with Crippen LogP contribution in [0.5, 0.6) is 0 Å². The summed E-state index contributed by atoms with van der Waals surface area (Å²) in [4.78, 5) is 3.79. The molecule has 2 aromatic rings. The zero-order valence-electron chi connectivity index (χ0n) is 6.09. The van der Waals surface area contributed by atoms with Crippen LogP contribution in [0, 0.1) is 5.82 Å². The fourth-order valence-corrected chi connectivity index (χ4v) is 1.27. The highest BCUT2D eigenvalue weighted by Gasteiger charge is 1.99. The minimum Gasteiger partial charge on any atom is -0.244 e. The van der Waals surface area contributed by atoms with Crippen molar-refractivity contribution in [2.75, 3.05) is 0 Å². The van der Waals surface area contributed by atoms with E-state index in [0.717, 1.165) is 5.39 Å². The standard InChI is InChI=1S/C9H5ClFN/c10-9-4-6-2-1-3-8(11)7(6)5-12-9/h1-5H. The molecule has 0 spiro atoms.